The molecule has 0 bridgehead atoms. The molecule has 3 heterocycles. The number of para-hydroxylation sites is 2. The minimum absolute atomic E-state index is 0.119. The van der Waals surface area contributed by atoms with Crippen molar-refractivity contribution in [3.8, 4) is 5.82 Å². The number of pyridine rings is 1. The van der Waals surface area contributed by atoms with Gasteiger partial charge in [0.2, 0.25) is 0 Å². The summed E-state index contributed by atoms with van der Waals surface area (Å²) in [7, 11) is 0. The van der Waals surface area contributed by atoms with Crippen LogP contribution in [0.2, 0.25) is 0 Å². The molecule has 0 spiro atoms. The summed E-state index contributed by atoms with van der Waals surface area (Å²) < 4.78 is 3.26. The number of carbonyl (C=O) groups is 1. The largest absolute Gasteiger partial charge is 0.476 e. The highest BCUT2D eigenvalue weighted by Crippen LogP contribution is 2.21. The van der Waals surface area contributed by atoms with Gasteiger partial charge in [0, 0.05) is 6.20 Å². The van der Waals surface area contributed by atoms with Crippen LogP contribution >= 0.6 is 0 Å². The van der Waals surface area contributed by atoms with Crippen LogP contribution in [0, 0.1) is 0 Å². The molecule has 1 N–H and O–H groups in total. The van der Waals surface area contributed by atoms with E-state index < -0.39 is 5.97 Å². The lowest BCUT2D eigenvalue weighted by Gasteiger charge is -2.02. The summed E-state index contributed by atoms with van der Waals surface area (Å²) in [6, 6.07) is 12.9. The molecule has 4 rings (SSSR count). The predicted molar refractivity (Wildman–Crippen MR) is 76.8 cm³/mol. The molecular weight excluding hydrogens is 268 g/mol. The maximum absolute atomic E-state index is 11.6. The molecule has 0 saturated carbocycles. The van der Waals surface area contributed by atoms with E-state index in [0.29, 0.717) is 11.5 Å². The lowest BCUT2D eigenvalue weighted by molar-refractivity contribution is 0.0689. The number of imidazole rings is 2. The van der Waals surface area contributed by atoms with Crippen LogP contribution in [-0.4, -0.2) is 30.0 Å². The molecule has 0 saturated heterocycles. The zero-order chi connectivity index (χ0) is 14.4. The number of hydrogen-bond acceptors (Lipinski definition) is 3. The number of carboxylic acids is 1. The van der Waals surface area contributed by atoms with Crippen LogP contribution in [-0.2, 0) is 0 Å². The van der Waals surface area contributed by atoms with Gasteiger partial charge in [0.1, 0.15) is 12.0 Å². The van der Waals surface area contributed by atoms with E-state index in [1.165, 1.54) is 0 Å². The van der Waals surface area contributed by atoms with Crippen LogP contribution in [0.15, 0.2) is 55.0 Å². The normalized spacial score (nSPS) is 11.2. The quantitative estimate of drug-likeness (QED) is 0.611. The Kier molecular flexibility index (Phi) is 2.32. The van der Waals surface area contributed by atoms with Gasteiger partial charge in [-0.25, -0.2) is 14.8 Å². The Balaban J connectivity index is 2.10. The van der Waals surface area contributed by atoms with Gasteiger partial charge in [-0.1, -0.05) is 18.2 Å². The Morgan fingerprint density at radius 1 is 1.10 bits per heavy atom. The van der Waals surface area contributed by atoms with Gasteiger partial charge >= 0.3 is 5.97 Å². The lowest BCUT2D eigenvalue weighted by atomic mass is 10.3. The Morgan fingerprint density at radius 2 is 1.90 bits per heavy atom. The second-order valence-electron chi connectivity index (χ2n) is 4.62. The number of carboxylic acid groups (broad SMARTS) is 1. The van der Waals surface area contributed by atoms with Crippen LogP contribution in [0.25, 0.3) is 22.5 Å². The van der Waals surface area contributed by atoms with E-state index in [2.05, 4.69) is 9.97 Å². The van der Waals surface area contributed by atoms with Crippen LogP contribution in [0.3, 0.4) is 0 Å². The van der Waals surface area contributed by atoms with E-state index in [-0.39, 0.29) is 5.69 Å². The third kappa shape index (κ3) is 1.62. The predicted octanol–water partition coefficient (Wildman–Crippen LogP) is 2.37. The number of aromatic nitrogens is 4. The Labute approximate surface area is 118 Å². The molecule has 0 aliphatic rings. The standard InChI is InChI=1S/C15H10N4O2/c20-15(21)13-14(17-12-7-3-4-8-18(12)13)19-9-16-10-5-1-2-6-11(10)19/h1-9H,(H,20,21). The Morgan fingerprint density at radius 3 is 2.76 bits per heavy atom. The smallest absolute Gasteiger partial charge is 0.356 e. The molecule has 4 aromatic rings. The average molecular weight is 278 g/mol. The van der Waals surface area contributed by atoms with Gasteiger partial charge in [-0.3, -0.25) is 8.97 Å². The van der Waals surface area contributed by atoms with Gasteiger partial charge in [-0.05, 0) is 24.3 Å². The van der Waals surface area contributed by atoms with Crippen molar-refractivity contribution < 1.29 is 9.90 Å². The van der Waals surface area contributed by atoms with Crippen LogP contribution in [0.4, 0.5) is 0 Å². The highest BCUT2D eigenvalue weighted by molar-refractivity contribution is 5.92. The minimum Gasteiger partial charge on any atom is -0.476 e. The van der Waals surface area contributed by atoms with Crippen molar-refractivity contribution in [3.05, 3.63) is 60.7 Å². The summed E-state index contributed by atoms with van der Waals surface area (Å²) in [5.74, 6) is -0.663. The Hall–Kier alpha value is -3.15. The molecule has 21 heavy (non-hydrogen) atoms. The number of nitrogens with zero attached hydrogens (tertiary/aromatic N) is 4. The fourth-order valence-corrected chi connectivity index (χ4v) is 2.48. The first-order valence-corrected chi connectivity index (χ1v) is 6.38. The molecule has 0 unspecified atom stereocenters. The van der Waals surface area contributed by atoms with Crippen molar-refractivity contribution in [1.29, 1.82) is 0 Å². The van der Waals surface area contributed by atoms with E-state index in [9.17, 15) is 9.90 Å². The van der Waals surface area contributed by atoms with Gasteiger partial charge in [0.25, 0.3) is 0 Å². The van der Waals surface area contributed by atoms with Crippen LogP contribution < -0.4 is 0 Å². The zero-order valence-electron chi connectivity index (χ0n) is 10.8. The van der Waals surface area contributed by atoms with Gasteiger partial charge in [0.05, 0.1) is 11.0 Å². The van der Waals surface area contributed by atoms with Crippen LogP contribution in [0.5, 0.6) is 0 Å². The Bertz CT molecular complexity index is 984. The van der Waals surface area contributed by atoms with Crippen LogP contribution in [0.1, 0.15) is 10.5 Å². The fourth-order valence-electron chi connectivity index (χ4n) is 2.48. The number of fused-ring (bicyclic) bond motifs is 2. The molecule has 0 aliphatic heterocycles. The number of benzene rings is 1. The summed E-state index contributed by atoms with van der Waals surface area (Å²) in [5.41, 5.74) is 2.32. The molecule has 6 heteroatoms. The molecule has 6 nitrogen and oxygen atoms in total. The highest BCUT2D eigenvalue weighted by atomic mass is 16.4. The third-order valence-corrected chi connectivity index (χ3v) is 3.40. The van der Waals surface area contributed by atoms with E-state index in [4.69, 9.17) is 0 Å². The molecule has 0 aliphatic carbocycles. The van der Waals surface area contributed by atoms with Gasteiger partial charge in [-0.2, -0.15) is 0 Å². The molecule has 102 valence electrons. The van der Waals surface area contributed by atoms with Crippen molar-refractivity contribution in [1.82, 2.24) is 18.9 Å². The van der Waals surface area contributed by atoms with Gasteiger partial charge in [0.15, 0.2) is 11.5 Å². The second kappa shape index (κ2) is 4.17. The summed E-state index contributed by atoms with van der Waals surface area (Å²) in [4.78, 5) is 20.4. The van der Waals surface area contributed by atoms with E-state index >= 15 is 0 Å². The van der Waals surface area contributed by atoms with Crippen molar-refractivity contribution in [2.24, 2.45) is 0 Å². The molecule has 0 atom stereocenters. The summed E-state index contributed by atoms with van der Waals surface area (Å²) in [5, 5.41) is 9.53. The number of hydrogen-bond donors (Lipinski definition) is 1. The lowest BCUT2D eigenvalue weighted by Crippen LogP contribution is -2.06. The molecule has 0 fully saturated rings. The molecule has 0 radical (unpaired) electrons. The maximum atomic E-state index is 11.6. The van der Waals surface area contributed by atoms with Crippen molar-refractivity contribution in [3.63, 3.8) is 0 Å². The first kappa shape index (κ1) is 11.7. The minimum atomic E-state index is -1.03. The third-order valence-electron chi connectivity index (χ3n) is 3.40. The highest BCUT2D eigenvalue weighted by Gasteiger charge is 2.20. The van der Waals surface area contributed by atoms with E-state index in [1.807, 2.05) is 30.3 Å². The maximum Gasteiger partial charge on any atom is 0.356 e. The van der Waals surface area contributed by atoms with Gasteiger partial charge in [-0.15, -0.1) is 0 Å². The van der Waals surface area contributed by atoms with Crippen molar-refractivity contribution >= 4 is 22.6 Å². The topological polar surface area (TPSA) is 72.4 Å². The second-order valence-corrected chi connectivity index (χ2v) is 4.62. The van der Waals surface area contributed by atoms with E-state index in [0.717, 1.165) is 11.0 Å². The summed E-state index contributed by atoms with van der Waals surface area (Å²) in [6.07, 6.45) is 3.29. The first-order valence-electron chi connectivity index (χ1n) is 6.38. The van der Waals surface area contributed by atoms with Gasteiger partial charge < -0.3 is 5.11 Å². The number of rotatable bonds is 2. The molecule has 1 aromatic carbocycles. The molecule has 3 aromatic heterocycles. The fraction of sp³-hybridized carbons (Fsp3) is 0. The van der Waals surface area contributed by atoms with Crippen molar-refractivity contribution in [2.45, 2.75) is 0 Å². The summed E-state index contributed by atoms with van der Waals surface area (Å²) >= 11 is 0. The van der Waals surface area contributed by atoms with E-state index in [1.54, 1.807) is 33.6 Å². The summed E-state index contributed by atoms with van der Waals surface area (Å²) in [6.45, 7) is 0. The first-order chi connectivity index (χ1) is 10.3. The van der Waals surface area contributed by atoms with Crippen molar-refractivity contribution in [2.75, 3.05) is 0 Å². The number of aromatic carboxylic acids is 1. The zero-order valence-corrected chi connectivity index (χ0v) is 10.8. The molecule has 0 amide bonds. The SMILES string of the molecule is O=C(O)c1c(-n2cnc3ccccc32)nc2ccccn12. The average Bonchev–Trinajstić information content (AvgIpc) is 3.08. The monoisotopic (exact) mass is 278 g/mol. The molecular formula is C15H10N4O2.